The number of nitrogens with zero attached hydrogens (tertiary/aromatic N) is 4. The van der Waals surface area contributed by atoms with Gasteiger partial charge in [-0.05, 0) is 11.6 Å². The zero-order valence-electron chi connectivity index (χ0n) is 13.2. The molecule has 1 aromatic heterocycles. The molecule has 8 nitrogen and oxygen atoms in total. The number of rotatable bonds is 5. The van der Waals surface area contributed by atoms with Gasteiger partial charge in [0.05, 0.1) is 32.0 Å². The van der Waals surface area contributed by atoms with Gasteiger partial charge in [0.25, 0.3) is 5.91 Å². The van der Waals surface area contributed by atoms with Gasteiger partial charge in [0.2, 0.25) is 0 Å². The summed E-state index contributed by atoms with van der Waals surface area (Å²) in [7, 11) is 0. The molecule has 24 heavy (non-hydrogen) atoms. The van der Waals surface area contributed by atoms with Crippen molar-refractivity contribution in [2.24, 2.45) is 0 Å². The van der Waals surface area contributed by atoms with Gasteiger partial charge in [0, 0.05) is 18.7 Å². The van der Waals surface area contributed by atoms with Crippen LogP contribution in [0.15, 0.2) is 36.9 Å². The van der Waals surface area contributed by atoms with Crippen LogP contribution in [0.1, 0.15) is 15.9 Å². The third-order valence-corrected chi connectivity index (χ3v) is 3.97. The van der Waals surface area contributed by atoms with Crippen LogP contribution in [-0.4, -0.2) is 74.3 Å². The van der Waals surface area contributed by atoms with Gasteiger partial charge in [-0.3, -0.25) is 4.79 Å². The fourth-order valence-corrected chi connectivity index (χ4v) is 2.82. The van der Waals surface area contributed by atoms with Gasteiger partial charge in [0.15, 0.2) is 0 Å². The summed E-state index contributed by atoms with van der Waals surface area (Å²) in [6, 6.07) is 7.33. The fourth-order valence-electron chi connectivity index (χ4n) is 2.82. The molecule has 1 amide bonds. The Hall–Kier alpha value is -2.29. The van der Waals surface area contributed by atoms with Crippen LogP contribution in [0, 0.1) is 0 Å². The minimum Gasteiger partial charge on any atom is -0.394 e. The molecule has 1 saturated heterocycles. The summed E-state index contributed by atoms with van der Waals surface area (Å²) < 4.78 is 7.15. The summed E-state index contributed by atoms with van der Waals surface area (Å²) in [4.78, 5) is 18.5. The lowest BCUT2D eigenvalue weighted by molar-refractivity contribution is -0.108. The van der Waals surface area contributed by atoms with E-state index in [1.54, 1.807) is 22.0 Å². The molecule has 0 unspecified atom stereocenters. The van der Waals surface area contributed by atoms with Crippen molar-refractivity contribution in [3.8, 4) is 0 Å². The van der Waals surface area contributed by atoms with Crippen LogP contribution in [-0.2, 0) is 11.3 Å². The van der Waals surface area contributed by atoms with Crippen molar-refractivity contribution < 1.29 is 19.7 Å². The first-order valence-corrected chi connectivity index (χ1v) is 7.78. The van der Waals surface area contributed by atoms with Crippen LogP contribution in [0.4, 0.5) is 0 Å². The fraction of sp³-hybridized carbons (Fsp3) is 0.438. The van der Waals surface area contributed by atoms with Crippen LogP contribution >= 0.6 is 0 Å². The number of hydrogen-bond acceptors (Lipinski definition) is 6. The minimum atomic E-state index is -0.484. The Labute approximate surface area is 139 Å². The summed E-state index contributed by atoms with van der Waals surface area (Å²) in [5.41, 5.74) is 1.41. The monoisotopic (exact) mass is 332 g/mol. The topological polar surface area (TPSA) is 101 Å². The SMILES string of the molecule is O=C(c1ccccc1Cn1cncn1)N1C[C@H](CO)O[C@@H](CO)C1. The largest absolute Gasteiger partial charge is 0.394 e. The van der Waals surface area contributed by atoms with Crippen molar-refractivity contribution in [3.63, 3.8) is 0 Å². The summed E-state index contributed by atoms with van der Waals surface area (Å²) in [5.74, 6) is -0.147. The van der Waals surface area contributed by atoms with Crippen LogP contribution in [0.5, 0.6) is 0 Å². The standard InChI is InChI=1S/C16H20N4O4/c21-8-13-6-19(7-14(9-22)24-13)16(23)15-4-2-1-3-12(15)5-20-11-17-10-18-20/h1-4,10-11,13-14,21-22H,5-9H2/t13-,14-/m1/s1. The molecular weight excluding hydrogens is 312 g/mol. The highest BCUT2D eigenvalue weighted by atomic mass is 16.5. The Morgan fingerprint density at radius 1 is 1.21 bits per heavy atom. The summed E-state index contributed by atoms with van der Waals surface area (Å²) >= 11 is 0. The lowest BCUT2D eigenvalue weighted by Crippen LogP contribution is -2.52. The average Bonchev–Trinajstić information content (AvgIpc) is 3.14. The summed E-state index contributed by atoms with van der Waals surface area (Å²) in [6.07, 6.45) is 2.08. The number of aliphatic hydroxyl groups excluding tert-OH is 2. The number of ether oxygens (including phenoxy) is 1. The third-order valence-electron chi connectivity index (χ3n) is 3.97. The molecule has 0 saturated carbocycles. The van der Waals surface area contributed by atoms with Crippen molar-refractivity contribution in [2.75, 3.05) is 26.3 Å². The zero-order valence-corrected chi connectivity index (χ0v) is 13.2. The lowest BCUT2D eigenvalue weighted by atomic mass is 10.0. The van der Waals surface area contributed by atoms with E-state index < -0.39 is 12.2 Å². The van der Waals surface area contributed by atoms with Crippen molar-refractivity contribution in [1.82, 2.24) is 19.7 Å². The molecule has 2 heterocycles. The van der Waals surface area contributed by atoms with Gasteiger partial charge in [-0.2, -0.15) is 5.10 Å². The number of carbonyl (C=O) groups is 1. The second-order valence-electron chi connectivity index (χ2n) is 5.71. The van der Waals surface area contributed by atoms with E-state index in [1.165, 1.54) is 6.33 Å². The zero-order chi connectivity index (χ0) is 16.9. The first-order valence-electron chi connectivity index (χ1n) is 7.78. The number of aromatic nitrogens is 3. The minimum absolute atomic E-state index is 0.147. The number of morpholine rings is 1. The molecule has 0 bridgehead atoms. The first kappa shape index (κ1) is 16.6. The smallest absolute Gasteiger partial charge is 0.254 e. The van der Waals surface area contributed by atoms with E-state index in [0.29, 0.717) is 25.2 Å². The van der Waals surface area contributed by atoms with E-state index in [0.717, 1.165) is 5.56 Å². The quantitative estimate of drug-likeness (QED) is 0.767. The van der Waals surface area contributed by atoms with Crippen LogP contribution in [0.3, 0.4) is 0 Å². The highest BCUT2D eigenvalue weighted by Crippen LogP contribution is 2.18. The maximum Gasteiger partial charge on any atom is 0.254 e. The third kappa shape index (κ3) is 3.61. The second-order valence-corrected chi connectivity index (χ2v) is 5.71. The molecule has 2 N–H and O–H groups in total. The average molecular weight is 332 g/mol. The number of carbonyl (C=O) groups excluding carboxylic acids is 1. The van der Waals surface area contributed by atoms with Crippen molar-refractivity contribution in [2.45, 2.75) is 18.8 Å². The molecule has 2 atom stereocenters. The molecule has 128 valence electrons. The Morgan fingerprint density at radius 2 is 1.92 bits per heavy atom. The molecule has 1 aliphatic rings. The van der Waals surface area contributed by atoms with Gasteiger partial charge in [-0.25, -0.2) is 9.67 Å². The molecule has 0 radical (unpaired) electrons. The van der Waals surface area contributed by atoms with E-state index in [-0.39, 0.29) is 19.1 Å². The van der Waals surface area contributed by atoms with Gasteiger partial charge >= 0.3 is 0 Å². The van der Waals surface area contributed by atoms with Crippen LogP contribution in [0.25, 0.3) is 0 Å². The van der Waals surface area contributed by atoms with Gasteiger partial charge in [0.1, 0.15) is 12.7 Å². The summed E-state index contributed by atoms with van der Waals surface area (Å²) in [5, 5.41) is 22.7. The van der Waals surface area contributed by atoms with Crippen molar-refractivity contribution in [1.29, 1.82) is 0 Å². The molecule has 3 rings (SSSR count). The predicted molar refractivity (Wildman–Crippen MR) is 84.3 cm³/mol. The molecule has 1 aromatic carbocycles. The molecule has 1 aliphatic heterocycles. The van der Waals surface area contributed by atoms with E-state index in [9.17, 15) is 15.0 Å². The van der Waals surface area contributed by atoms with Gasteiger partial charge < -0.3 is 19.8 Å². The van der Waals surface area contributed by atoms with Crippen LogP contribution in [0.2, 0.25) is 0 Å². The normalized spacial score (nSPS) is 21.0. The first-order chi connectivity index (χ1) is 11.7. The predicted octanol–water partition coefficient (Wildman–Crippen LogP) is -0.479. The Morgan fingerprint density at radius 3 is 2.54 bits per heavy atom. The molecule has 0 spiro atoms. The maximum absolute atomic E-state index is 12.9. The van der Waals surface area contributed by atoms with E-state index in [4.69, 9.17) is 4.74 Å². The molecule has 1 fully saturated rings. The van der Waals surface area contributed by atoms with E-state index in [2.05, 4.69) is 10.1 Å². The van der Waals surface area contributed by atoms with E-state index in [1.807, 2.05) is 18.2 Å². The highest BCUT2D eigenvalue weighted by Gasteiger charge is 2.31. The number of amides is 1. The molecule has 8 heteroatoms. The van der Waals surface area contributed by atoms with Crippen molar-refractivity contribution in [3.05, 3.63) is 48.0 Å². The Bertz CT molecular complexity index is 664. The Kier molecular flexibility index (Phi) is 5.19. The molecular formula is C16H20N4O4. The number of aliphatic hydroxyl groups is 2. The maximum atomic E-state index is 12.9. The van der Waals surface area contributed by atoms with E-state index >= 15 is 0 Å². The summed E-state index contributed by atoms with van der Waals surface area (Å²) in [6.45, 7) is 0.647. The number of hydrogen-bond donors (Lipinski definition) is 2. The molecule has 2 aromatic rings. The van der Waals surface area contributed by atoms with Crippen LogP contribution < -0.4 is 0 Å². The van der Waals surface area contributed by atoms with Gasteiger partial charge in [-0.1, -0.05) is 18.2 Å². The second kappa shape index (κ2) is 7.52. The lowest BCUT2D eigenvalue weighted by Gasteiger charge is -2.37. The molecule has 0 aliphatic carbocycles. The van der Waals surface area contributed by atoms with Gasteiger partial charge in [-0.15, -0.1) is 0 Å². The Balaban J connectivity index is 1.81. The number of benzene rings is 1. The van der Waals surface area contributed by atoms with Crippen molar-refractivity contribution >= 4 is 5.91 Å². The highest BCUT2D eigenvalue weighted by molar-refractivity contribution is 5.95.